The van der Waals surface area contributed by atoms with Crippen LogP contribution < -0.4 is 4.74 Å². The summed E-state index contributed by atoms with van der Waals surface area (Å²) in [4.78, 5) is 0. The van der Waals surface area contributed by atoms with Gasteiger partial charge in [0.2, 0.25) is 0 Å². The fraction of sp³-hybridized carbons (Fsp3) is 0.538. The van der Waals surface area contributed by atoms with Crippen LogP contribution in [-0.4, -0.2) is 7.11 Å². The van der Waals surface area contributed by atoms with Crippen LogP contribution in [0.3, 0.4) is 0 Å². The van der Waals surface area contributed by atoms with E-state index in [4.69, 9.17) is 0 Å². The van der Waals surface area contributed by atoms with E-state index < -0.39 is 11.6 Å². The fourth-order valence-electron chi connectivity index (χ4n) is 1.97. The van der Waals surface area contributed by atoms with Crippen LogP contribution in [0.4, 0.5) is 8.78 Å². The summed E-state index contributed by atoms with van der Waals surface area (Å²) in [6, 6.07) is 2.76. The molecule has 1 aromatic rings. The Hall–Kier alpha value is -1.12. The Morgan fingerprint density at radius 2 is 1.75 bits per heavy atom. The molecule has 0 bridgehead atoms. The molecule has 0 heterocycles. The number of ether oxygens (including phenoxy) is 1. The van der Waals surface area contributed by atoms with E-state index in [0.29, 0.717) is 0 Å². The molecule has 1 aromatic carbocycles. The van der Waals surface area contributed by atoms with Crippen LogP contribution in [0.1, 0.15) is 44.6 Å². The van der Waals surface area contributed by atoms with Gasteiger partial charge in [-0.1, -0.05) is 20.3 Å². The maximum atomic E-state index is 13.5. The molecule has 0 aromatic heterocycles. The first-order valence-electron chi connectivity index (χ1n) is 5.66. The number of methoxy groups -OCH3 is 1. The van der Waals surface area contributed by atoms with Crippen LogP contribution in [0, 0.1) is 11.6 Å². The van der Waals surface area contributed by atoms with Gasteiger partial charge in [0.15, 0.2) is 17.4 Å². The zero-order valence-corrected chi connectivity index (χ0v) is 10.0. The van der Waals surface area contributed by atoms with E-state index in [0.717, 1.165) is 24.8 Å². The molecular weight excluding hydrogens is 210 g/mol. The van der Waals surface area contributed by atoms with Crippen molar-refractivity contribution in [3.05, 3.63) is 29.3 Å². The summed E-state index contributed by atoms with van der Waals surface area (Å²) in [5, 5.41) is 0. The SMILES string of the molecule is CCCC(CC)c1cc(F)c(OC)c(F)c1. The highest BCUT2D eigenvalue weighted by molar-refractivity contribution is 5.33. The van der Waals surface area contributed by atoms with Crippen LogP contribution in [0.2, 0.25) is 0 Å². The first-order valence-corrected chi connectivity index (χ1v) is 5.66. The first kappa shape index (κ1) is 12.9. The Bertz CT molecular complexity index is 327. The molecule has 0 aliphatic heterocycles. The molecule has 1 unspecified atom stereocenters. The number of hydrogen-bond donors (Lipinski definition) is 0. The van der Waals surface area contributed by atoms with Gasteiger partial charge in [-0.15, -0.1) is 0 Å². The van der Waals surface area contributed by atoms with Gasteiger partial charge >= 0.3 is 0 Å². The second-order valence-electron chi connectivity index (χ2n) is 3.91. The molecule has 1 atom stereocenters. The summed E-state index contributed by atoms with van der Waals surface area (Å²) in [6.45, 7) is 4.10. The molecular formula is C13H18F2O. The number of benzene rings is 1. The van der Waals surface area contributed by atoms with Gasteiger partial charge in [-0.2, -0.15) is 0 Å². The molecule has 0 aliphatic rings. The lowest BCUT2D eigenvalue weighted by Gasteiger charge is -2.15. The fourth-order valence-corrected chi connectivity index (χ4v) is 1.97. The van der Waals surface area contributed by atoms with E-state index in [1.54, 1.807) is 0 Å². The minimum Gasteiger partial charge on any atom is -0.491 e. The quantitative estimate of drug-likeness (QED) is 0.731. The lowest BCUT2D eigenvalue weighted by molar-refractivity contribution is 0.358. The molecule has 0 saturated carbocycles. The summed E-state index contributed by atoms with van der Waals surface area (Å²) < 4.78 is 31.6. The standard InChI is InChI=1S/C13H18F2O/c1-4-6-9(5-2)10-7-11(14)13(16-3)12(15)8-10/h7-9H,4-6H2,1-3H3. The Labute approximate surface area is 95.4 Å². The highest BCUT2D eigenvalue weighted by Gasteiger charge is 2.16. The zero-order valence-electron chi connectivity index (χ0n) is 10.0. The second kappa shape index (κ2) is 5.83. The topological polar surface area (TPSA) is 9.23 Å². The zero-order chi connectivity index (χ0) is 12.1. The van der Waals surface area contributed by atoms with Crippen LogP contribution in [0.25, 0.3) is 0 Å². The normalized spacial score (nSPS) is 12.6. The molecule has 0 amide bonds. The molecule has 0 fully saturated rings. The number of halogens is 2. The Kier molecular flexibility index (Phi) is 4.71. The van der Waals surface area contributed by atoms with Gasteiger partial charge in [0.1, 0.15) is 0 Å². The maximum Gasteiger partial charge on any atom is 0.190 e. The summed E-state index contributed by atoms with van der Waals surface area (Å²) in [5.74, 6) is -1.31. The molecule has 3 heteroatoms. The van der Waals surface area contributed by atoms with Crippen molar-refractivity contribution in [1.29, 1.82) is 0 Å². The number of hydrogen-bond acceptors (Lipinski definition) is 1. The average Bonchev–Trinajstić information content (AvgIpc) is 2.25. The van der Waals surface area contributed by atoms with Crippen molar-refractivity contribution >= 4 is 0 Å². The third kappa shape index (κ3) is 2.71. The van der Waals surface area contributed by atoms with Crippen LogP contribution in [0.5, 0.6) is 5.75 Å². The molecule has 1 rings (SSSR count). The lowest BCUT2D eigenvalue weighted by atomic mass is 9.92. The molecule has 16 heavy (non-hydrogen) atoms. The average molecular weight is 228 g/mol. The maximum absolute atomic E-state index is 13.5. The third-order valence-corrected chi connectivity index (χ3v) is 2.83. The van der Waals surface area contributed by atoms with Gasteiger partial charge in [0.25, 0.3) is 0 Å². The molecule has 0 spiro atoms. The highest BCUT2D eigenvalue weighted by atomic mass is 19.1. The third-order valence-electron chi connectivity index (χ3n) is 2.83. The van der Waals surface area contributed by atoms with E-state index in [-0.39, 0.29) is 11.7 Å². The molecule has 0 aliphatic carbocycles. The Balaban J connectivity index is 3.06. The lowest BCUT2D eigenvalue weighted by Crippen LogP contribution is -2.01. The van der Waals surface area contributed by atoms with E-state index >= 15 is 0 Å². The van der Waals surface area contributed by atoms with Gasteiger partial charge in [-0.25, -0.2) is 8.78 Å². The van der Waals surface area contributed by atoms with Gasteiger partial charge in [-0.3, -0.25) is 0 Å². The van der Waals surface area contributed by atoms with Crippen molar-refractivity contribution in [2.24, 2.45) is 0 Å². The van der Waals surface area contributed by atoms with Crippen molar-refractivity contribution < 1.29 is 13.5 Å². The van der Waals surface area contributed by atoms with Crippen molar-refractivity contribution in [2.75, 3.05) is 7.11 Å². The van der Waals surface area contributed by atoms with Crippen LogP contribution in [0.15, 0.2) is 12.1 Å². The molecule has 1 nitrogen and oxygen atoms in total. The first-order chi connectivity index (χ1) is 7.63. The van der Waals surface area contributed by atoms with Gasteiger partial charge < -0.3 is 4.74 Å². The predicted molar refractivity (Wildman–Crippen MR) is 60.9 cm³/mol. The smallest absolute Gasteiger partial charge is 0.190 e. The minimum atomic E-state index is -0.618. The molecule has 0 N–H and O–H groups in total. The summed E-state index contributed by atoms with van der Waals surface area (Å²) >= 11 is 0. The van der Waals surface area contributed by atoms with Crippen molar-refractivity contribution in [2.45, 2.75) is 39.0 Å². The Morgan fingerprint density at radius 1 is 1.19 bits per heavy atom. The highest BCUT2D eigenvalue weighted by Crippen LogP contribution is 2.30. The molecule has 0 saturated heterocycles. The van der Waals surface area contributed by atoms with E-state index in [1.165, 1.54) is 19.2 Å². The summed E-state index contributed by atoms with van der Waals surface area (Å²) in [7, 11) is 1.27. The largest absolute Gasteiger partial charge is 0.491 e. The molecule has 90 valence electrons. The van der Waals surface area contributed by atoms with Gasteiger partial charge in [-0.05, 0) is 36.5 Å². The van der Waals surface area contributed by atoms with Crippen molar-refractivity contribution in [3.63, 3.8) is 0 Å². The predicted octanol–water partition coefficient (Wildman–Crippen LogP) is 4.27. The second-order valence-corrected chi connectivity index (χ2v) is 3.91. The Morgan fingerprint density at radius 3 is 2.12 bits per heavy atom. The van der Waals surface area contributed by atoms with Crippen LogP contribution in [-0.2, 0) is 0 Å². The van der Waals surface area contributed by atoms with Crippen LogP contribution >= 0.6 is 0 Å². The number of rotatable bonds is 5. The summed E-state index contributed by atoms with van der Waals surface area (Å²) in [5.41, 5.74) is 0.722. The van der Waals surface area contributed by atoms with Gasteiger partial charge in [0, 0.05) is 0 Å². The van der Waals surface area contributed by atoms with Crippen molar-refractivity contribution in [1.82, 2.24) is 0 Å². The van der Waals surface area contributed by atoms with E-state index in [1.807, 2.05) is 6.92 Å². The molecule has 0 radical (unpaired) electrons. The summed E-state index contributed by atoms with van der Waals surface area (Å²) in [6.07, 6.45) is 2.84. The van der Waals surface area contributed by atoms with Crippen molar-refractivity contribution in [3.8, 4) is 5.75 Å². The van der Waals surface area contributed by atoms with Gasteiger partial charge in [0.05, 0.1) is 7.11 Å². The monoisotopic (exact) mass is 228 g/mol. The van der Waals surface area contributed by atoms with E-state index in [9.17, 15) is 8.78 Å². The minimum absolute atomic E-state index is 0.222. The van der Waals surface area contributed by atoms with E-state index in [2.05, 4.69) is 11.7 Å².